The molecule has 1 heterocycles. The summed E-state index contributed by atoms with van der Waals surface area (Å²) in [5.41, 5.74) is 1.37. The molecule has 0 aromatic carbocycles. The molecule has 128 valence electrons. The van der Waals surface area contributed by atoms with Gasteiger partial charge < -0.3 is 15.4 Å². The minimum absolute atomic E-state index is 0.134. The monoisotopic (exact) mass is 339 g/mol. The van der Waals surface area contributed by atoms with Gasteiger partial charge in [-0.2, -0.15) is 0 Å². The number of ether oxygens (including phenoxy) is 1. The van der Waals surface area contributed by atoms with Crippen molar-refractivity contribution in [3.63, 3.8) is 0 Å². The van der Waals surface area contributed by atoms with Crippen LogP contribution in [0.3, 0.4) is 0 Å². The number of aromatic nitrogens is 1. The number of alkyl carbamates (subject to hydrolysis) is 1. The molecule has 0 radical (unpaired) electrons. The van der Waals surface area contributed by atoms with Gasteiger partial charge in [-0.05, 0) is 53.4 Å². The first-order valence-corrected chi connectivity index (χ1v) is 8.68. The van der Waals surface area contributed by atoms with Crippen LogP contribution in [0.2, 0.25) is 0 Å². The van der Waals surface area contributed by atoms with Crippen LogP contribution in [-0.4, -0.2) is 34.7 Å². The maximum Gasteiger partial charge on any atom is 0.407 e. The number of aryl methyl sites for hydroxylation is 1. The first-order chi connectivity index (χ1) is 10.6. The first-order valence-electron chi connectivity index (χ1n) is 7.80. The second-order valence-electron chi connectivity index (χ2n) is 7.27. The van der Waals surface area contributed by atoms with Crippen molar-refractivity contribution in [1.29, 1.82) is 0 Å². The minimum atomic E-state index is -0.539. The second-order valence-corrected chi connectivity index (χ2v) is 8.12. The standard InChI is InChI=1S/C16H25N3O3S/c1-10-12(23-9-18-10)13(20)19-16(5,11-6-7-11)8-17-14(21)22-15(2,3)4/h9,11H,6-8H2,1-5H3,(H,17,21)(H,19,20)/t16-/m0/s1. The van der Waals surface area contributed by atoms with Crippen LogP contribution < -0.4 is 10.6 Å². The summed E-state index contributed by atoms with van der Waals surface area (Å²) in [6.07, 6.45) is 1.63. The fourth-order valence-electron chi connectivity index (χ4n) is 2.42. The van der Waals surface area contributed by atoms with Crippen molar-refractivity contribution in [2.24, 2.45) is 5.92 Å². The molecule has 1 aliphatic rings. The molecule has 0 bridgehead atoms. The summed E-state index contributed by atoms with van der Waals surface area (Å²) in [6.45, 7) is 9.59. The number of rotatable bonds is 5. The van der Waals surface area contributed by atoms with Gasteiger partial charge in [0, 0.05) is 6.54 Å². The van der Waals surface area contributed by atoms with Crippen LogP contribution in [0.4, 0.5) is 4.79 Å². The lowest BCUT2D eigenvalue weighted by Gasteiger charge is -2.31. The average Bonchev–Trinajstić information content (AvgIpc) is 3.18. The van der Waals surface area contributed by atoms with E-state index in [4.69, 9.17) is 4.74 Å². The summed E-state index contributed by atoms with van der Waals surface area (Å²) in [4.78, 5) is 29.1. The lowest BCUT2D eigenvalue weighted by atomic mass is 9.95. The Morgan fingerprint density at radius 2 is 2.00 bits per heavy atom. The molecule has 1 aromatic heterocycles. The van der Waals surface area contributed by atoms with Crippen molar-refractivity contribution in [2.75, 3.05) is 6.54 Å². The Kier molecular flexibility index (Phi) is 4.98. The summed E-state index contributed by atoms with van der Waals surface area (Å²) in [7, 11) is 0. The highest BCUT2D eigenvalue weighted by atomic mass is 32.1. The third kappa shape index (κ3) is 4.92. The van der Waals surface area contributed by atoms with E-state index < -0.39 is 17.2 Å². The maximum absolute atomic E-state index is 12.5. The van der Waals surface area contributed by atoms with Crippen molar-refractivity contribution in [1.82, 2.24) is 15.6 Å². The fourth-order valence-corrected chi connectivity index (χ4v) is 3.11. The molecule has 0 aliphatic heterocycles. The third-order valence-electron chi connectivity index (χ3n) is 3.83. The Bertz CT molecular complexity index is 590. The molecule has 0 saturated heterocycles. The molecule has 23 heavy (non-hydrogen) atoms. The fraction of sp³-hybridized carbons (Fsp3) is 0.688. The number of carbonyl (C=O) groups is 2. The lowest BCUT2D eigenvalue weighted by molar-refractivity contribution is 0.0502. The normalized spacial score (nSPS) is 17.3. The number of hydrogen-bond donors (Lipinski definition) is 2. The zero-order chi connectivity index (χ0) is 17.3. The van der Waals surface area contributed by atoms with E-state index in [1.807, 2.05) is 34.6 Å². The maximum atomic E-state index is 12.5. The number of thiazole rings is 1. The molecule has 2 N–H and O–H groups in total. The summed E-state index contributed by atoms with van der Waals surface area (Å²) in [5, 5.41) is 5.86. The highest BCUT2D eigenvalue weighted by Crippen LogP contribution is 2.39. The van der Waals surface area contributed by atoms with Gasteiger partial charge in [-0.1, -0.05) is 0 Å². The van der Waals surface area contributed by atoms with Crippen LogP contribution >= 0.6 is 11.3 Å². The van der Waals surface area contributed by atoms with Crippen LogP contribution in [0.15, 0.2) is 5.51 Å². The third-order valence-corrected chi connectivity index (χ3v) is 4.76. The van der Waals surface area contributed by atoms with E-state index in [9.17, 15) is 9.59 Å². The highest BCUT2D eigenvalue weighted by Gasteiger charge is 2.43. The number of nitrogens with zero attached hydrogens (tertiary/aromatic N) is 1. The SMILES string of the molecule is Cc1ncsc1C(=O)N[C@@](C)(CNC(=O)OC(C)(C)C)C1CC1. The average molecular weight is 339 g/mol. The van der Waals surface area contributed by atoms with Gasteiger partial charge >= 0.3 is 6.09 Å². The smallest absolute Gasteiger partial charge is 0.407 e. The van der Waals surface area contributed by atoms with E-state index >= 15 is 0 Å². The van der Waals surface area contributed by atoms with Crippen molar-refractivity contribution < 1.29 is 14.3 Å². The van der Waals surface area contributed by atoms with Gasteiger partial charge in [-0.3, -0.25) is 4.79 Å². The largest absolute Gasteiger partial charge is 0.444 e. The zero-order valence-electron chi connectivity index (χ0n) is 14.4. The molecule has 1 fully saturated rings. The van der Waals surface area contributed by atoms with Gasteiger partial charge in [-0.25, -0.2) is 9.78 Å². The predicted octanol–water partition coefficient (Wildman–Crippen LogP) is 2.87. The van der Waals surface area contributed by atoms with E-state index in [0.29, 0.717) is 17.3 Å². The molecule has 0 unspecified atom stereocenters. The van der Waals surface area contributed by atoms with Crippen LogP contribution in [0.1, 0.15) is 55.9 Å². The Morgan fingerprint density at radius 1 is 1.35 bits per heavy atom. The highest BCUT2D eigenvalue weighted by molar-refractivity contribution is 7.11. The molecule has 6 nitrogen and oxygen atoms in total. The lowest BCUT2D eigenvalue weighted by Crippen LogP contribution is -2.55. The molecule has 2 rings (SSSR count). The molecule has 2 amide bonds. The Morgan fingerprint density at radius 3 is 2.48 bits per heavy atom. The van der Waals surface area contributed by atoms with E-state index in [-0.39, 0.29) is 5.91 Å². The van der Waals surface area contributed by atoms with Gasteiger partial charge in [0.2, 0.25) is 0 Å². The molecule has 1 aromatic rings. The van der Waals surface area contributed by atoms with E-state index in [1.165, 1.54) is 11.3 Å². The zero-order valence-corrected chi connectivity index (χ0v) is 15.2. The Labute approximate surface area is 141 Å². The minimum Gasteiger partial charge on any atom is -0.444 e. The molecule has 0 spiro atoms. The second kappa shape index (κ2) is 6.47. The van der Waals surface area contributed by atoms with Crippen LogP contribution in [0.25, 0.3) is 0 Å². The van der Waals surface area contributed by atoms with Crippen molar-refractivity contribution in [2.45, 2.75) is 58.6 Å². The summed E-state index contributed by atoms with van der Waals surface area (Å²) in [6, 6.07) is 0. The predicted molar refractivity (Wildman–Crippen MR) is 89.7 cm³/mol. The quantitative estimate of drug-likeness (QED) is 0.864. The topological polar surface area (TPSA) is 80.3 Å². The van der Waals surface area contributed by atoms with Crippen LogP contribution in [0, 0.1) is 12.8 Å². The molecule has 1 saturated carbocycles. The van der Waals surface area contributed by atoms with Crippen molar-refractivity contribution >= 4 is 23.3 Å². The molecule has 7 heteroatoms. The van der Waals surface area contributed by atoms with Gasteiger partial charge in [0.25, 0.3) is 5.91 Å². The first kappa shape index (κ1) is 17.7. The van der Waals surface area contributed by atoms with Gasteiger partial charge in [0.05, 0.1) is 16.7 Å². The Balaban J connectivity index is 1.98. The summed E-state index contributed by atoms with van der Waals surface area (Å²) < 4.78 is 5.26. The van der Waals surface area contributed by atoms with Gasteiger partial charge in [0.15, 0.2) is 0 Å². The number of amides is 2. The van der Waals surface area contributed by atoms with E-state index in [1.54, 1.807) is 5.51 Å². The molecule has 1 atom stereocenters. The summed E-state index contributed by atoms with van der Waals surface area (Å²) in [5.74, 6) is 0.236. The van der Waals surface area contributed by atoms with Gasteiger partial charge in [0.1, 0.15) is 10.5 Å². The molecule has 1 aliphatic carbocycles. The van der Waals surface area contributed by atoms with E-state index in [2.05, 4.69) is 15.6 Å². The van der Waals surface area contributed by atoms with Crippen molar-refractivity contribution in [3.8, 4) is 0 Å². The van der Waals surface area contributed by atoms with E-state index in [0.717, 1.165) is 18.5 Å². The molecular formula is C16H25N3O3S. The van der Waals surface area contributed by atoms with Crippen LogP contribution in [-0.2, 0) is 4.74 Å². The van der Waals surface area contributed by atoms with Gasteiger partial charge in [-0.15, -0.1) is 11.3 Å². The van der Waals surface area contributed by atoms with Crippen LogP contribution in [0.5, 0.6) is 0 Å². The molecular weight excluding hydrogens is 314 g/mol. The summed E-state index contributed by atoms with van der Waals surface area (Å²) >= 11 is 1.33. The Hall–Kier alpha value is -1.63. The number of nitrogens with one attached hydrogen (secondary N) is 2. The van der Waals surface area contributed by atoms with Crippen molar-refractivity contribution in [3.05, 3.63) is 16.1 Å². The number of carbonyl (C=O) groups excluding carboxylic acids is 2. The number of hydrogen-bond acceptors (Lipinski definition) is 5.